The molecule has 1 aliphatic heterocycles. The number of hydrogen-bond acceptors (Lipinski definition) is 3. The number of carbonyl (C=O) groups is 2. The van der Waals surface area contributed by atoms with Gasteiger partial charge in [0, 0.05) is 30.0 Å². The summed E-state index contributed by atoms with van der Waals surface area (Å²) < 4.78 is 0.752. The molecule has 1 N–H and O–H groups in total. The normalized spacial score (nSPS) is 16.3. The molecule has 1 saturated heterocycles. The number of hydrogen-bond donors (Lipinski definition) is 1. The molecule has 2 rings (SSSR count). The highest BCUT2D eigenvalue weighted by Crippen LogP contribution is 2.12. The third-order valence-electron chi connectivity index (χ3n) is 2.50. The van der Waals surface area contributed by atoms with Gasteiger partial charge in [-0.3, -0.25) is 14.6 Å². The standard InChI is InChI=1S/C11H12BrN3O2/c12-9-4-8(5-13-6-9)11(17)15-3-1-2-14-10(16)7-15/h4-6H,1-3,7H2,(H,14,16). The number of rotatable bonds is 1. The van der Waals surface area contributed by atoms with Crippen molar-refractivity contribution < 1.29 is 9.59 Å². The molecule has 0 aromatic carbocycles. The Kier molecular flexibility index (Phi) is 3.73. The predicted octanol–water partition coefficient (Wildman–Crippen LogP) is 0.806. The molecule has 0 aliphatic carbocycles. The van der Waals surface area contributed by atoms with Crippen LogP contribution in [0.3, 0.4) is 0 Å². The van der Waals surface area contributed by atoms with Gasteiger partial charge in [-0.05, 0) is 28.4 Å². The molecule has 0 radical (unpaired) electrons. The van der Waals surface area contributed by atoms with Gasteiger partial charge >= 0.3 is 0 Å². The number of nitrogens with one attached hydrogen (secondary N) is 1. The fourth-order valence-electron chi connectivity index (χ4n) is 1.69. The van der Waals surface area contributed by atoms with Gasteiger partial charge in [0.2, 0.25) is 5.91 Å². The first-order chi connectivity index (χ1) is 8.16. The highest BCUT2D eigenvalue weighted by molar-refractivity contribution is 9.10. The second-order valence-electron chi connectivity index (χ2n) is 3.82. The van der Waals surface area contributed by atoms with Crippen LogP contribution in [0.25, 0.3) is 0 Å². The Labute approximate surface area is 107 Å². The molecule has 17 heavy (non-hydrogen) atoms. The van der Waals surface area contributed by atoms with E-state index in [0.717, 1.165) is 10.9 Å². The van der Waals surface area contributed by atoms with Gasteiger partial charge in [0.25, 0.3) is 5.91 Å². The van der Waals surface area contributed by atoms with Crippen LogP contribution in [-0.2, 0) is 4.79 Å². The van der Waals surface area contributed by atoms with E-state index in [1.165, 1.54) is 6.20 Å². The Balaban J connectivity index is 2.16. The van der Waals surface area contributed by atoms with Gasteiger partial charge in [-0.1, -0.05) is 0 Å². The summed E-state index contributed by atoms with van der Waals surface area (Å²) in [7, 11) is 0. The van der Waals surface area contributed by atoms with Gasteiger partial charge in [-0.15, -0.1) is 0 Å². The molecule has 0 unspecified atom stereocenters. The molecule has 0 bridgehead atoms. The lowest BCUT2D eigenvalue weighted by Gasteiger charge is -2.18. The van der Waals surface area contributed by atoms with E-state index in [1.54, 1.807) is 17.2 Å². The number of amides is 2. The molecule has 0 atom stereocenters. The van der Waals surface area contributed by atoms with E-state index in [-0.39, 0.29) is 18.4 Å². The number of pyridine rings is 1. The molecule has 5 nitrogen and oxygen atoms in total. The minimum atomic E-state index is -0.157. The smallest absolute Gasteiger partial charge is 0.255 e. The third-order valence-corrected chi connectivity index (χ3v) is 2.93. The van der Waals surface area contributed by atoms with Crippen molar-refractivity contribution in [2.75, 3.05) is 19.6 Å². The molecular weight excluding hydrogens is 286 g/mol. The summed E-state index contributed by atoms with van der Waals surface area (Å²) in [6, 6.07) is 1.71. The van der Waals surface area contributed by atoms with Crippen LogP contribution < -0.4 is 5.32 Å². The van der Waals surface area contributed by atoms with E-state index in [9.17, 15) is 9.59 Å². The SMILES string of the molecule is O=C1CN(C(=O)c2cncc(Br)c2)CCCN1. The zero-order valence-electron chi connectivity index (χ0n) is 9.15. The fourth-order valence-corrected chi connectivity index (χ4v) is 2.06. The van der Waals surface area contributed by atoms with Gasteiger partial charge < -0.3 is 10.2 Å². The van der Waals surface area contributed by atoms with E-state index >= 15 is 0 Å². The Hall–Kier alpha value is -1.43. The highest BCUT2D eigenvalue weighted by Gasteiger charge is 2.21. The monoisotopic (exact) mass is 297 g/mol. The second-order valence-corrected chi connectivity index (χ2v) is 4.74. The molecular formula is C11H12BrN3O2. The van der Waals surface area contributed by atoms with E-state index in [0.29, 0.717) is 18.7 Å². The van der Waals surface area contributed by atoms with Gasteiger partial charge in [0.1, 0.15) is 0 Å². The Morgan fingerprint density at radius 3 is 3.06 bits per heavy atom. The van der Waals surface area contributed by atoms with Gasteiger partial charge in [0.15, 0.2) is 0 Å². The van der Waals surface area contributed by atoms with Crippen LogP contribution in [-0.4, -0.2) is 41.3 Å². The molecule has 90 valence electrons. The van der Waals surface area contributed by atoms with Crippen molar-refractivity contribution in [3.63, 3.8) is 0 Å². The highest BCUT2D eigenvalue weighted by atomic mass is 79.9. The molecule has 1 fully saturated rings. The van der Waals surface area contributed by atoms with Crippen LogP contribution in [0.15, 0.2) is 22.9 Å². The summed E-state index contributed by atoms with van der Waals surface area (Å²) in [4.78, 5) is 29.0. The van der Waals surface area contributed by atoms with E-state index < -0.39 is 0 Å². The summed E-state index contributed by atoms with van der Waals surface area (Å²) in [6.45, 7) is 1.33. The fraction of sp³-hybridized carbons (Fsp3) is 0.364. The van der Waals surface area contributed by atoms with Gasteiger partial charge in [-0.25, -0.2) is 0 Å². The molecule has 1 aliphatic rings. The van der Waals surface area contributed by atoms with Crippen molar-refractivity contribution in [2.24, 2.45) is 0 Å². The van der Waals surface area contributed by atoms with Crippen molar-refractivity contribution in [3.05, 3.63) is 28.5 Å². The van der Waals surface area contributed by atoms with Crippen LogP contribution in [0.4, 0.5) is 0 Å². The Morgan fingerprint density at radius 2 is 2.29 bits per heavy atom. The lowest BCUT2D eigenvalue weighted by Crippen LogP contribution is -2.37. The lowest BCUT2D eigenvalue weighted by molar-refractivity contribution is -0.121. The molecule has 2 heterocycles. The molecule has 1 aromatic rings. The summed E-state index contributed by atoms with van der Waals surface area (Å²) >= 11 is 3.27. The van der Waals surface area contributed by atoms with Crippen molar-refractivity contribution in [2.45, 2.75) is 6.42 Å². The van der Waals surface area contributed by atoms with Crippen molar-refractivity contribution in [1.29, 1.82) is 0 Å². The number of aromatic nitrogens is 1. The molecule has 0 saturated carbocycles. The van der Waals surface area contributed by atoms with E-state index in [2.05, 4.69) is 26.2 Å². The van der Waals surface area contributed by atoms with Crippen molar-refractivity contribution in [3.8, 4) is 0 Å². The number of halogens is 1. The average Bonchev–Trinajstić information content (AvgIpc) is 2.53. The second kappa shape index (κ2) is 5.27. The maximum Gasteiger partial charge on any atom is 0.255 e. The maximum absolute atomic E-state index is 12.1. The van der Waals surface area contributed by atoms with Crippen molar-refractivity contribution in [1.82, 2.24) is 15.2 Å². The summed E-state index contributed by atoms with van der Waals surface area (Å²) in [5, 5.41) is 2.73. The number of carbonyl (C=O) groups excluding carboxylic acids is 2. The predicted molar refractivity (Wildman–Crippen MR) is 65.5 cm³/mol. The third kappa shape index (κ3) is 3.03. The summed E-state index contributed by atoms with van der Waals surface area (Å²) in [6.07, 6.45) is 3.90. The average molecular weight is 298 g/mol. The largest absolute Gasteiger partial charge is 0.354 e. The van der Waals surface area contributed by atoms with Crippen molar-refractivity contribution >= 4 is 27.7 Å². The van der Waals surface area contributed by atoms with Crippen LogP contribution >= 0.6 is 15.9 Å². The molecule has 2 amide bonds. The molecule has 0 spiro atoms. The molecule has 1 aromatic heterocycles. The topological polar surface area (TPSA) is 62.3 Å². The Morgan fingerprint density at radius 1 is 1.47 bits per heavy atom. The number of nitrogens with zero attached hydrogens (tertiary/aromatic N) is 2. The Bertz CT molecular complexity index is 450. The van der Waals surface area contributed by atoms with Crippen LogP contribution in [0.2, 0.25) is 0 Å². The van der Waals surface area contributed by atoms with Gasteiger partial charge in [-0.2, -0.15) is 0 Å². The first-order valence-electron chi connectivity index (χ1n) is 5.33. The molecule has 6 heteroatoms. The zero-order valence-corrected chi connectivity index (χ0v) is 10.7. The summed E-state index contributed by atoms with van der Waals surface area (Å²) in [5.74, 6) is -0.269. The van der Waals surface area contributed by atoms with Crippen LogP contribution in [0, 0.1) is 0 Å². The first kappa shape index (κ1) is 12.0. The first-order valence-corrected chi connectivity index (χ1v) is 6.12. The van der Waals surface area contributed by atoms with Crippen LogP contribution in [0.5, 0.6) is 0 Å². The quantitative estimate of drug-likeness (QED) is 0.834. The van der Waals surface area contributed by atoms with Gasteiger partial charge in [0.05, 0.1) is 12.1 Å². The zero-order chi connectivity index (χ0) is 12.3. The summed E-state index contributed by atoms with van der Waals surface area (Å²) in [5.41, 5.74) is 0.495. The minimum Gasteiger partial charge on any atom is -0.354 e. The lowest BCUT2D eigenvalue weighted by atomic mass is 10.2. The maximum atomic E-state index is 12.1. The van der Waals surface area contributed by atoms with E-state index in [4.69, 9.17) is 0 Å². The van der Waals surface area contributed by atoms with E-state index in [1.807, 2.05) is 0 Å². The van der Waals surface area contributed by atoms with Crippen LogP contribution in [0.1, 0.15) is 16.8 Å². The minimum absolute atomic E-state index is 0.112.